The molecule has 3 aromatic rings. The number of ether oxygens (including phenoxy) is 1. The Morgan fingerprint density at radius 1 is 1.11 bits per heavy atom. The van der Waals surface area contributed by atoms with Gasteiger partial charge in [-0.1, -0.05) is 17.3 Å². The Balaban J connectivity index is 1.29. The van der Waals surface area contributed by atoms with Gasteiger partial charge in [0.2, 0.25) is 10.0 Å². The van der Waals surface area contributed by atoms with Gasteiger partial charge in [0.1, 0.15) is 18.2 Å². The van der Waals surface area contributed by atoms with Gasteiger partial charge in [0.05, 0.1) is 48.6 Å². The predicted octanol–water partition coefficient (Wildman–Crippen LogP) is 2.49. The van der Waals surface area contributed by atoms with Crippen molar-refractivity contribution in [1.29, 1.82) is 0 Å². The number of carbonyl (C=O) groups is 2. The highest BCUT2D eigenvalue weighted by Crippen LogP contribution is 2.34. The van der Waals surface area contributed by atoms with Gasteiger partial charge in [-0.3, -0.25) is 9.59 Å². The first kappa shape index (κ1) is 26.1. The van der Waals surface area contributed by atoms with Crippen LogP contribution in [0.1, 0.15) is 34.5 Å². The number of hydrogen-bond donors (Lipinski definition) is 0. The molecule has 0 spiro atoms. The van der Waals surface area contributed by atoms with Gasteiger partial charge in [-0.25, -0.2) is 21.9 Å². The number of aryl methyl sites for hydroxylation is 1. The Morgan fingerprint density at radius 2 is 1.89 bits per heavy atom. The lowest BCUT2D eigenvalue weighted by Crippen LogP contribution is -2.38. The quantitative estimate of drug-likeness (QED) is 0.360. The number of halogens is 2. The minimum Gasteiger partial charge on any atom is -0.373 e. The second kappa shape index (κ2) is 10.7. The summed E-state index contributed by atoms with van der Waals surface area (Å²) in [4.78, 5) is 26.6. The number of rotatable bonds is 10. The minimum absolute atomic E-state index is 0.0153. The summed E-state index contributed by atoms with van der Waals surface area (Å²) in [6.07, 6.45) is 2.82. The van der Waals surface area contributed by atoms with Crippen molar-refractivity contribution in [2.45, 2.75) is 43.5 Å². The Labute approximate surface area is 217 Å². The molecule has 200 valence electrons. The summed E-state index contributed by atoms with van der Waals surface area (Å²) in [6.45, 7) is 0.119. The molecule has 1 aromatic heterocycles. The average Bonchev–Trinajstić information content (AvgIpc) is 3.62. The number of alkyl halides is 1. The average molecular weight is 546 g/mol. The fraction of sp³-hybridized carbons (Fsp3) is 0.360. The zero-order valence-corrected chi connectivity index (χ0v) is 21.1. The van der Waals surface area contributed by atoms with Crippen LogP contribution >= 0.6 is 0 Å². The van der Waals surface area contributed by atoms with E-state index in [-0.39, 0.29) is 36.8 Å². The van der Waals surface area contributed by atoms with Gasteiger partial charge in [-0.05, 0) is 48.7 Å². The number of aromatic nitrogens is 3. The lowest BCUT2D eigenvalue weighted by atomic mass is 10.1. The van der Waals surface area contributed by atoms with Crippen LogP contribution in [0.15, 0.2) is 53.6 Å². The van der Waals surface area contributed by atoms with Crippen molar-refractivity contribution in [3.63, 3.8) is 0 Å². The molecule has 0 bridgehead atoms. The van der Waals surface area contributed by atoms with E-state index in [4.69, 9.17) is 4.74 Å². The lowest BCUT2D eigenvalue weighted by Gasteiger charge is -2.24. The standard InChI is InChI=1S/C25H25F2N5O5S/c26-9-11-30-14-19(28-29-30)15-37-16-20-2-1-10-32(20)38(35,36)21-7-8-23-22(12-21)24(33)25(34)31(23)13-17-3-5-18(27)6-4-17/h3-8,12,14,20H,1-2,9-11,13,15-16H2/t20-/m0/s1. The predicted molar refractivity (Wildman–Crippen MR) is 131 cm³/mol. The van der Waals surface area contributed by atoms with Crippen LogP contribution in [0.25, 0.3) is 0 Å². The van der Waals surface area contributed by atoms with E-state index in [1.165, 1.54) is 56.4 Å². The molecular weight excluding hydrogens is 520 g/mol. The molecule has 1 fully saturated rings. The minimum atomic E-state index is -3.97. The van der Waals surface area contributed by atoms with Crippen molar-refractivity contribution in [3.05, 3.63) is 71.3 Å². The van der Waals surface area contributed by atoms with Gasteiger partial charge >= 0.3 is 0 Å². The summed E-state index contributed by atoms with van der Waals surface area (Å²) in [5.41, 5.74) is 1.46. The van der Waals surface area contributed by atoms with E-state index in [1.54, 1.807) is 6.20 Å². The van der Waals surface area contributed by atoms with Crippen molar-refractivity contribution in [1.82, 2.24) is 19.3 Å². The van der Waals surface area contributed by atoms with Crippen LogP contribution in [0, 0.1) is 5.82 Å². The Hall–Kier alpha value is -3.55. The molecule has 3 heterocycles. The maximum absolute atomic E-state index is 13.5. The third-order valence-corrected chi connectivity index (χ3v) is 8.53. The highest BCUT2D eigenvalue weighted by molar-refractivity contribution is 7.89. The van der Waals surface area contributed by atoms with Crippen LogP contribution in [0.2, 0.25) is 0 Å². The van der Waals surface area contributed by atoms with Crippen LogP contribution in [0.4, 0.5) is 14.5 Å². The third kappa shape index (κ3) is 5.08. The van der Waals surface area contributed by atoms with Crippen LogP contribution < -0.4 is 4.90 Å². The molecule has 2 aromatic carbocycles. The number of hydrogen-bond acceptors (Lipinski definition) is 7. The Morgan fingerprint density at radius 3 is 2.66 bits per heavy atom. The first-order chi connectivity index (χ1) is 18.3. The number of Topliss-reactive ketones (excluding diaryl/α,β-unsaturated/α-hetero) is 1. The zero-order chi connectivity index (χ0) is 26.9. The molecule has 1 saturated heterocycles. The molecule has 0 N–H and O–H groups in total. The second-order valence-corrected chi connectivity index (χ2v) is 11.0. The number of nitrogens with zero attached hydrogens (tertiary/aromatic N) is 5. The molecule has 0 aliphatic carbocycles. The van der Waals surface area contributed by atoms with Crippen molar-refractivity contribution in [3.8, 4) is 0 Å². The molecule has 1 atom stereocenters. The van der Waals surface area contributed by atoms with E-state index in [0.717, 1.165) is 0 Å². The molecule has 0 unspecified atom stereocenters. The van der Waals surface area contributed by atoms with Crippen molar-refractivity contribution < 1.29 is 31.5 Å². The summed E-state index contributed by atoms with van der Waals surface area (Å²) in [5.74, 6) is -1.98. The first-order valence-electron chi connectivity index (χ1n) is 12.1. The first-order valence-corrected chi connectivity index (χ1v) is 13.5. The summed E-state index contributed by atoms with van der Waals surface area (Å²) < 4.78 is 61.1. The third-order valence-electron chi connectivity index (χ3n) is 6.59. The molecule has 10 nitrogen and oxygen atoms in total. The summed E-state index contributed by atoms with van der Waals surface area (Å²) in [5, 5.41) is 7.70. The van der Waals surface area contributed by atoms with E-state index < -0.39 is 40.2 Å². The molecule has 13 heteroatoms. The fourth-order valence-corrected chi connectivity index (χ4v) is 6.40. The monoisotopic (exact) mass is 545 g/mol. The summed E-state index contributed by atoms with van der Waals surface area (Å²) >= 11 is 0. The number of fused-ring (bicyclic) bond motifs is 1. The van der Waals surface area contributed by atoms with Gasteiger partial charge in [0.15, 0.2) is 0 Å². The fourth-order valence-electron chi connectivity index (χ4n) is 4.70. The van der Waals surface area contributed by atoms with Crippen molar-refractivity contribution >= 4 is 27.4 Å². The van der Waals surface area contributed by atoms with Gasteiger partial charge < -0.3 is 9.64 Å². The lowest BCUT2D eigenvalue weighted by molar-refractivity contribution is -0.114. The number of ketones is 1. The molecule has 2 aliphatic rings. The van der Waals surface area contributed by atoms with Crippen LogP contribution in [0.3, 0.4) is 0 Å². The van der Waals surface area contributed by atoms with Gasteiger partial charge in [0.25, 0.3) is 11.7 Å². The van der Waals surface area contributed by atoms with E-state index >= 15 is 0 Å². The molecule has 0 saturated carbocycles. The number of amides is 1. The van der Waals surface area contributed by atoms with E-state index in [1.807, 2.05) is 0 Å². The highest BCUT2D eigenvalue weighted by atomic mass is 32.2. The van der Waals surface area contributed by atoms with E-state index in [2.05, 4.69) is 10.3 Å². The maximum atomic E-state index is 13.5. The number of benzene rings is 2. The zero-order valence-electron chi connectivity index (χ0n) is 20.3. The largest absolute Gasteiger partial charge is 0.373 e. The molecule has 0 radical (unpaired) electrons. The number of sulfonamides is 1. The van der Waals surface area contributed by atoms with Gasteiger partial charge in [0, 0.05) is 12.6 Å². The molecular formula is C25H25F2N5O5S. The van der Waals surface area contributed by atoms with Crippen LogP contribution in [-0.4, -0.2) is 65.3 Å². The smallest absolute Gasteiger partial charge is 0.299 e. The topological polar surface area (TPSA) is 115 Å². The second-order valence-electron chi connectivity index (χ2n) is 9.11. The molecule has 38 heavy (non-hydrogen) atoms. The van der Waals surface area contributed by atoms with E-state index in [9.17, 15) is 26.8 Å². The highest BCUT2D eigenvalue weighted by Gasteiger charge is 2.39. The van der Waals surface area contributed by atoms with Gasteiger partial charge in [-0.2, -0.15) is 4.31 Å². The number of anilines is 1. The molecule has 5 rings (SSSR count). The maximum Gasteiger partial charge on any atom is 0.299 e. The number of carbonyl (C=O) groups excluding carboxylic acids is 2. The van der Waals surface area contributed by atoms with Crippen LogP contribution in [-0.2, 0) is 39.3 Å². The van der Waals surface area contributed by atoms with Crippen molar-refractivity contribution in [2.24, 2.45) is 0 Å². The van der Waals surface area contributed by atoms with Crippen molar-refractivity contribution in [2.75, 3.05) is 24.7 Å². The van der Waals surface area contributed by atoms with E-state index in [0.29, 0.717) is 36.3 Å². The summed E-state index contributed by atoms with van der Waals surface area (Å²) in [6, 6.07) is 9.24. The Bertz CT molecular complexity index is 1460. The molecule has 2 aliphatic heterocycles. The SMILES string of the molecule is O=C1C(=O)N(Cc2ccc(F)cc2)c2ccc(S(=O)(=O)N3CCC[C@H]3COCc3cn(CCF)nn3)cc21. The summed E-state index contributed by atoms with van der Waals surface area (Å²) in [7, 11) is -3.97. The Kier molecular flexibility index (Phi) is 7.32. The van der Waals surface area contributed by atoms with Crippen LogP contribution in [0.5, 0.6) is 0 Å². The van der Waals surface area contributed by atoms with Gasteiger partial charge in [-0.15, -0.1) is 5.10 Å². The molecule has 1 amide bonds. The normalized spacial score (nSPS) is 17.9.